The summed E-state index contributed by atoms with van der Waals surface area (Å²) in [6.45, 7) is 0.410. The van der Waals surface area contributed by atoms with Crippen molar-refractivity contribution in [2.24, 2.45) is 5.92 Å². The number of hydrogen-bond donors (Lipinski definition) is 1. The van der Waals surface area contributed by atoms with Crippen LogP contribution >= 0.6 is 0 Å². The highest BCUT2D eigenvalue weighted by Crippen LogP contribution is 2.47. The molecule has 1 amide bonds. The fourth-order valence-corrected chi connectivity index (χ4v) is 3.11. The van der Waals surface area contributed by atoms with E-state index in [-0.39, 0.29) is 17.7 Å². The van der Waals surface area contributed by atoms with Gasteiger partial charge in [-0.05, 0) is 36.1 Å². The number of carbonyl (C=O) groups is 1. The minimum atomic E-state index is 0.0230. The quantitative estimate of drug-likeness (QED) is 0.737. The van der Waals surface area contributed by atoms with E-state index >= 15 is 0 Å². The highest BCUT2D eigenvalue weighted by atomic mass is 16.5. The number of hydrogen-bond acceptors (Lipinski definition) is 5. The Morgan fingerprint density at radius 3 is 2.88 bits per heavy atom. The Kier molecular flexibility index (Phi) is 4.35. The van der Waals surface area contributed by atoms with Crippen molar-refractivity contribution in [1.29, 1.82) is 0 Å². The normalized spacial score (nSPS) is 18.3. The summed E-state index contributed by atoms with van der Waals surface area (Å²) in [5.41, 5.74) is 2.07. The lowest BCUT2D eigenvalue weighted by Crippen LogP contribution is -2.25. The van der Waals surface area contributed by atoms with E-state index in [0.29, 0.717) is 12.4 Å². The number of benzene rings is 1. The molecule has 0 bridgehead atoms. The minimum absolute atomic E-state index is 0.0230. The summed E-state index contributed by atoms with van der Waals surface area (Å²) in [6, 6.07) is 11.7. The summed E-state index contributed by atoms with van der Waals surface area (Å²) in [5, 5.41) is 7.13. The Morgan fingerprint density at radius 2 is 2.15 bits per heavy atom. The topological polar surface area (TPSA) is 81.9 Å². The SMILES string of the molecule is COc1ccc([C@H]2C[C@@H]2C(=O)NCc2cccnc2-n2cncn2)cc1. The molecule has 0 unspecified atom stereocenters. The van der Waals surface area contributed by atoms with E-state index in [1.807, 2.05) is 36.4 Å². The lowest BCUT2D eigenvalue weighted by molar-refractivity contribution is -0.122. The van der Waals surface area contributed by atoms with E-state index in [1.165, 1.54) is 11.9 Å². The molecule has 1 fully saturated rings. The lowest BCUT2D eigenvalue weighted by Gasteiger charge is -2.09. The average molecular weight is 349 g/mol. The molecule has 7 heteroatoms. The molecular formula is C19H19N5O2. The van der Waals surface area contributed by atoms with Gasteiger partial charge in [-0.3, -0.25) is 4.79 Å². The standard InChI is InChI=1S/C19H19N5O2/c1-26-15-6-4-13(5-7-15)16-9-17(16)19(25)22-10-14-3-2-8-21-18(14)24-12-20-11-23-24/h2-8,11-12,16-17H,9-10H2,1H3,(H,22,25)/t16-,17+/m1/s1. The molecule has 1 aromatic carbocycles. The Morgan fingerprint density at radius 1 is 1.31 bits per heavy atom. The van der Waals surface area contributed by atoms with Crippen LogP contribution in [0.4, 0.5) is 0 Å². The van der Waals surface area contributed by atoms with Gasteiger partial charge in [-0.25, -0.2) is 14.6 Å². The molecule has 1 aliphatic rings. The van der Waals surface area contributed by atoms with Gasteiger partial charge < -0.3 is 10.1 Å². The molecule has 3 aromatic rings. The first-order chi connectivity index (χ1) is 12.8. The molecule has 1 N–H and O–H groups in total. The number of nitrogens with zero attached hydrogens (tertiary/aromatic N) is 4. The lowest BCUT2D eigenvalue weighted by atomic mass is 10.1. The highest BCUT2D eigenvalue weighted by Gasteiger charge is 2.43. The molecule has 2 aromatic heterocycles. The maximum atomic E-state index is 12.5. The van der Waals surface area contributed by atoms with Crippen molar-refractivity contribution in [3.05, 3.63) is 66.4 Å². The van der Waals surface area contributed by atoms with Gasteiger partial charge in [0.05, 0.1) is 7.11 Å². The number of methoxy groups -OCH3 is 1. The smallest absolute Gasteiger partial charge is 0.224 e. The van der Waals surface area contributed by atoms with Crippen molar-refractivity contribution in [1.82, 2.24) is 25.1 Å². The predicted molar refractivity (Wildman–Crippen MR) is 94.8 cm³/mol. The fourth-order valence-electron chi connectivity index (χ4n) is 3.11. The first-order valence-electron chi connectivity index (χ1n) is 8.47. The number of nitrogens with one attached hydrogen (secondary N) is 1. The summed E-state index contributed by atoms with van der Waals surface area (Å²) in [5.74, 6) is 1.87. The van der Waals surface area contributed by atoms with E-state index in [4.69, 9.17) is 4.74 Å². The zero-order valence-corrected chi connectivity index (χ0v) is 14.4. The zero-order chi connectivity index (χ0) is 17.9. The van der Waals surface area contributed by atoms with Crippen LogP contribution in [-0.2, 0) is 11.3 Å². The molecule has 0 aliphatic heterocycles. The maximum Gasteiger partial charge on any atom is 0.224 e. The second-order valence-corrected chi connectivity index (χ2v) is 6.27. The van der Waals surface area contributed by atoms with Crippen LogP contribution in [-0.4, -0.2) is 32.8 Å². The minimum Gasteiger partial charge on any atom is -0.497 e. The van der Waals surface area contributed by atoms with Gasteiger partial charge >= 0.3 is 0 Å². The van der Waals surface area contributed by atoms with Crippen molar-refractivity contribution in [3.63, 3.8) is 0 Å². The van der Waals surface area contributed by atoms with Gasteiger partial charge in [-0.2, -0.15) is 5.10 Å². The second kappa shape index (κ2) is 6.95. The number of rotatable bonds is 6. The van der Waals surface area contributed by atoms with Gasteiger partial charge in [0.15, 0.2) is 5.82 Å². The van der Waals surface area contributed by atoms with Crippen molar-refractivity contribution in [2.75, 3.05) is 7.11 Å². The van der Waals surface area contributed by atoms with Crippen LogP contribution in [0.25, 0.3) is 5.82 Å². The number of pyridine rings is 1. The zero-order valence-electron chi connectivity index (χ0n) is 14.4. The molecule has 26 heavy (non-hydrogen) atoms. The molecular weight excluding hydrogens is 330 g/mol. The van der Waals surface area contributed by atoms with Crippen molar-refractivity contribution >= 4 is 5.91 Å². The molecule has 1 aliphatic carbocycles. The van der Waals surface area contributed by atoms with Gasteiger partial charge in [0.25, 0.3) is 0 Å². The Balaban J connectivity index is 1.38. The molecule has 2 heterocycles. The molecule has 0 radical (unpaired) electrons. The van der Waals surface area contributed by atoms with Crippen LogP contribution in [0.2, 0.25) is 0 Å². The summed E-state index contributed by atoms with van der Waals surface area (Å²) in [4.78, 5) is 20.8. The van der Waals surface area contributed by atoms with Crippen LogP contribution in [0.15, 0.2) is 55.2 Å². The highest BCUT2D eigenvalue weighted by molar-refractivity contribution is 5.82. The molecule has 7 nitrogen and oxygen atoms in total. The third-order valence-corrected chi connectivity index (χ3v) is 4.63. The van der Waals surface area contributed by atoms with Crippen LogP contribution in [0.3, 0.4) is 0 Å². The Bertz CT molecular complexity index is 893. The second-order valence-electron chi connectivity index (χ2n) is 6.27. The van der Waals surface area contributed by atoms with E-state index in [1.54, 1.807) is 24.3 Å². The van der Waals surface area contributed by atoms with Crippen LogP contribution < -0.4 is 10.1 Å². The van der Waals surface area contributed by atoms with E-state index in [0.717, 1.165) is 17.7 Å². The van der Waals surface area contributed by atoms with Crippen LogP contribution in [0.5, 0.6) is 5.75 Å². The van der Waals surface area contributed by atoms with Crippen molar-refractivity contribution in [2.45, 2.75) is 18.9 Å². The Hall–Kier alpha value is -3.22. The number of aromatic nitrogens is 4. The number of carbonyl (C=O) groups excluding carboxylic acids is 1. The van der Waals surface area contributed by atoms with Crippen LogP contribution in [0, 0.1) is 5.92 Å². The van der Waals surface area contributed by atoms with Gasteiger partial charge in [0.1, 0.15) is 18.4 Å². The van der Waals surface area contributed by atoms with Crippen molar-refractivity contribution in [3.8, 4) is 11.6 Å². The maximum absolute atomic E-state index is 12.5. The molecule has 1 saturated carbocycles. The number of ether oxygens (including phenoxy) is 1. The Labute approximate surface area is 151 Å². The van der Waals surface area contributed by atoms with E-state index in [2.05, 4.69) is 20.4 Å². The first-order valence-corrected chi connectivity index (χ1v) is 8.47. The van der Waals surface area contributed by atoms with E-state index < -0.39 is 0 Å². The first kappa shape index (κ1) is 16.3. The van der Waals surface area contributed by atoms with Gasteiger partial charge in [0.2, 0.25) is 5.91 Å². The fraction of sp³-hybridized carbons (Fsp3) is 0.263. The third-order valence-electron chi connectivity index (χ3n) is 4.63. The molecule has 0 spiro atoms. The van der Waals surface area contributed by atoms with Crippen molar-refractivity contribution < 1.29 is 9.53 Å². The predicted octanol–water partition coefficient (Wildman–Crippen LogP) is 2.09. The summed E-state index contributed by atoms with van der Waals surface area (Å²) in [6.07, 6.45) is 5.62. The molecule has 132 valence electrons. The molecule has 0 saturated heterocycles. The van der Waals surface area contributed by atoms with Gasteiger partial charge in [-0.1, -0.05) is 18.2 Å². The summed E-state index contributed by atoms with van der Waals surface area (Å²) < 4.78 is 6.77. The van der Waals surface area contributed by atoms with Gasteiger partial charge in [0, 0.05) is 24.2 Å². The molecule has 2 atom stereocenters. The number of amides is 1. The summed E-state index contributed by atoms with van der Waals surface area (Å²) in [7, 11) is 1.65. The summed E-state index contributed by atoms with van der Waals surface area (Å²) >= 11 is 0. The monoisotopic (exact) mass is 349 g/mol. The average Bonchev–Trinajstić information content (AvgIpc) is 3.31. The van der Waals surface area contributed by atoms with Crippen LogP contribution in [0.1, 0.15) is 23.5 Å². The largest absolute Gasteiger partial charge is 0.497 e. The van der Waals surface area contributed by atoms with Gasteiger partial charge in [-0.15, -0.1) is 0 Å². The molecule has 4 rings (SSSR count). The van der Waals surface area contributed by atoms with E-state index in [9.17, 15) is 4.79 Å². The third kappa shape index (κ3) is 3.28.